The Hall–Kier alpha value is -1.02. The van der Waals surface area contributed by atoms with Crippen molar-refractivity contribution in [2.75, 3.05) is 0 Å². The molecule has 2 nitrogen and oxygen atoms in total. The van der Waals surface area contributed by atoms with Crippen LogP contribution >= 0.6 is 11.6 Å². The van der Waals surface area contributed by atoms with Crippen LogP contribution in [0.3, 0.4) is 0 Å². The minimum Gasteiger partial charge on any atom is -0.441 e. The van der Waals surface area contributed by atoms with E-state index in [4.69, 9.17) is 16.0 Å². The Morgan fingerprint density at radius 1 is 1.43 bits per heavy atom. The molecule has 0 saturated heterocycles. The molecule has 14 heavy (non-hydrogen) atoms. The van der Waals surface area contributed by atoms with Crippen molar-refractivity contribution in [1.29, 1.82) is 0 Å². The molecular formula is C11H12ClNO. The lowest BCUT2D eigenvalue weighted by molar-refractivity contribution is 0.525. The highest BCUT2D eigenvalue weighted by Gasteiger charge is 2.06. The van der Waals surface area contributed by atoms with Gasteiger partial charge in [0.25, 0.3) is 0 Å². The Morgan fingerprint density at radius 3 is 2.93 bits per heavy atom. The van der Waals surface area contributed by atoms with Gasteiger partial charge >= 0.3 is 0 Å². The molecule has 0 atom stereocenters. The van der Waals surface area contributed by atoms with Crippen LogP contribution in [0.25, 0.3) is 11.1 Å². The second-order valence-corrected chi connectivity index (χ2v) is 3.83. The van der Waals surface area contributed by atoms with E-state index in [1.165, 1.54) is 0 Å². The van der Waals surface area contributed by atoms with Gasteiger partial charge in [-0.3, -0.25) is 0 Å². The third kappa shape index (κ3) is 1.62. The number of aryl methyl sites for hydroxylation is 2. The van der Waals surface area contributed by atoms with Gasteiger partial charge in [0, 0.05) is 17.5 Å². The van der Waals surface area contributed by atoms with Crippen LogP contribution in [-0.4, -0.2) is 4.98 Å². The quantitative estimate of drug-likeness (QED) is 0.753. The summed E-state index contributed by atoms with van der Waals surface area (Å²) >= 11 is 5.99. The highest BCUT2D eigenvalue weighted by Crippen LogP contribution is 2.24. The van der Waals surface area contributed by atoms with E-state index in [-0.39, 0.29) is 0 Å². The Bertz CT molecular complexity index is 423. The number of oxazole rings is 1. The summed E-state index contributed by atoms with van der Waals surface area (Å²) in [6.45, 7) is 4.07. The largest absolute Gasteiger partial charge is 0.441 e. The van der Waals surface area contributed by atoms with Gasteiger partial charge in [-0.15, -0.1) is 0 Å². The van der Waals surface area contributed by atoms with Crippen LogP contribution < -0.4 is 0 Å². The standard InChI is InChI=1S/C11H12ClNO/c1-3-4-11-13-9-5-7(2)8(12)6-10(9)14-11/h5-6H,3-4H2,1-2H3. The number of hydrogen-bond acceptors (Lipinski definition) is 2. The summed E-state index contributed by atoms with van der Waals surface area (Å²) in [6.07, 6.45) is 1.92. The molecule has 0 aliphatic carbocycles. The summed E-state index contributed by atoms with van der Waals surface area (Å²) in [7, 11) is 0. The van der Waals surface area contributed by atoms with E-state index >= 15 is 0 Å². The van der Waals surface area contributed by atoms with Gasteiger partial charge in [-0.1, -0.05) is 18.5 Å². The minimum atomic E-state index is 0.733. The molecule has 0 fully saturated rings. The number of rotatable bonds is 2. The number of halogens is 1. The van der Waals surface area contributed by atoms with E-state index in [9.17, 15) is 0 Å². The second-order valence-electron chi connectivity index (χ2n) is 3.43. The average Bonchev–Trinajstić information content (AvgIpc) is 2.48. The zero-order valence-electron chi connectivity index (χ0n) is 8.30. The zero-order valence-corrected chi connectivity index (χ0v) is 9.06. The second kappa shape index (κ2) is 3.62. The van der Waals surface area contributed by atoms with Crippen LogP contribution in [0.4, 0.5) is 0 Å². The molecule has 0 aliphatic rings. The fourth-order valence-corrected chi connectivity index (χ4v) is 1.58. The fourth-order valence-electron chi connectivity index (χ4n) is 1.42. The first kappa shape index (κ1) is 9.53. The van der Waals surface area contributed by atoms with Gasteiger partial charge in [0.1, 0.15) is 5.52 Å². The van der Waals surface area contributed by atoms with Crippen molar-refractivity contribution >= 4 is 22.7 Å². The highest BCUT2D eigenvalue weighted by atomic mass is 35.5. The SMILES string of the molecule is CCCc1nc2cc(C)c(Cl)cc2o1. The molecule has 2 aromatic rings. The third-order valence-electron chi connectivity index (χ3n) is 2.18. The van der Waals surface area contributed by atoms with Gasteiger partial charge in [0.15, 0.2) is 11.5 Å². The van der Waals surface area contributed by atoms with Crippen LogP contribution in [0.5, 0.6) is 0 Å². The number of hydrogen-bond donors (Lipinski definition) is 0. The normalized spacial score (nSPS) is 11.1. The lowest BCUT2D eigenvalue weighted by Gasteiger charge is -1.94. The maximum atomic E-state index is 5.99. The molecular weight excluding hydrogens is 198 g/mol. The van der Waals surface area contributed by atoms with Crippen molar-refractivity contribution in [1.82, 2.24) is 4.98 Å². The van der Waals surface area contributed by atoms with Crippen LogP contribution in [0.2, 0.25) is 5.02 Å². The predicted octanol–water partition coefficient (Wildman–Crippen LogP) is 3.74. The smallest absolute Gasteiger partial charge is 0.195 e. The summed E-state index contributed by atoms with van der Waals surface area (Å²) in [5.41, 5.74) is 2.72. The maximum absolute atomic E-state index is 5.99. The first-order chi connectivity index (χ1) is 6.70. The molecule has 0 bridgehead atoms. The van der Waals surface area contributed by atoms with Crippen molar-refractivity contribution in [2.45, 2.75) is 26.7 Å². The molecule has 0 radical (unpaired) electrons. The number of fused-ring (bicyclic) bond motifs is 1. The Balaban J connectivity index is 2.54. The molecule has 0 unspecified atom stereocenters. The molecule has 1 heterocycles. The molecule has 0 spiro atoms. The molecule has 0 saturated carbocycles. The van der Waals surface area contributed by atoms with Gasteiger partial charge in [-0.25, -0.2) is 4.98 Å². The van der Waals surface area contributed by atoms with Gasteiger partial charge in [0.2, 0.25) is 0 Å². The Kier molecular flexibility index (Phi) is 2.46. The van der Waals surface area contributed by atoms with E-state index in [0.29, 0.717) is 0 Å². The summed E-state index contributed by atoms with van der Waals surface area (Å²) in [5.74, 6) is 0.796. The number of benzene rings is 1. The molecule has 3 heteroatoms. The van der Waals surface area contributed by atoms with Gasteiger partial charge in [-0.05, 0) is 25.0 Å². The maximum Gasteiger partial charge on any atom is 0.195 e. The van der Waals surface area contributed by atoms with Gasteiger partial charge in [-0.2, -0.15) is 0 Å². The van der Waals surface area contributed by atoms with Crippen molar-refractivity contribution in [3.05, 3.63) is 28.6 Å². The van der Waals surface area contributed by atoms with E-state index in [1.54, 1.807) is 0 Å². The minimum absolute atomic E-state index is 0.733. The van der Waals surface area contributed by atoms with E-state index in [2.05, 4.69) is 11.9 Å². The van der Waals surface area contributed by atoms with Crippen molar-refractivity contribution < 1.29 is 4.42 Å². The first-order valence-corrected chi connectivity index (χ1v) is 5.14. The molecule has 74 valence electrons. The van der Waals surface area contributed by atoms with Crippen molar-refractivity contribution in [3.8, 4) is 0 Å². The molecule has 0 amide bonds. The van der Waals surface area contributed by atoms with Crippen LogP contribution in [-0.2, 0) is 6.42 Å². The number of aromatic nitrogens is 1. The molecule has 0 aliphatic heterocycles. The Labute approximate surface area is 87.9 Å². The van der Waals surface area contributed by atoms with Crippen molar-refractivity contribution in [2.24, 2.45) is 0 Å². The summed E-state index contributed by atoms with van der Waals surface area (Å²) < 4.78 is 5.55. The predicted molar refractivity (Wildman–Crippen MR) is 57.8 cm³/mol. The lowest BCUT2D eigenvalue weighted by atomic mass is 10.2. The van der Waals surface area contributed by atoms with E-state index in [0.717, 1.165) is 40.4 Å². The van der Waals surface area contributed by atoms with E-state index < -0.39 is 0 Å². The summed E-state index contributed by atoms with van der Waals surface area (Å²) in [4.78, 5) is 4.38. The topological polar surface area (TPSA) is 26.0 Å². The van der Waals surface area contributed by atoms with Crippen molar-refractivity contribution in [3.63, 3.8) is 0 Å². The van der Waals surface area contributed by atoms with Crippen LogP contribution in [0.1, 0.15) is 24.8 Å². The average molecular weight is 210 g/mol. The fraction of sp³-hybridized carbons (Fsp3) is 0.364. The first-order valence-electron chi connectivity index (χ1n) is 4.76. The third-order valence-corrected chi connectivity index (χ3v) is 2.58. The molecule has 0 N–H and O–H groups in total. The van der Waals surface area contributed by atoms with Crippen LogP contribution in [0, 0.1) is 6.92 Å². The number of nitrogens with zero attached hydrogens (tertiary/aromatic N) is 1. The molecule has 1 aromatic carbocycles. The van der Waals surface area contributed by atoms with Crippen LogP contribution in [0.15, 0.2) is 16.5 Å². The van der Waals surface area contributed by atoms with Gasteiger partial charge < -0.3 is 4.42 Å². The molecule has 1 aromatic heterocycles. The van der Waals surface area contributed by atoms with E-state index in [1.807, 2.05) is 19.1 Å². The highest BCUT2D eigenvalue weighted by molar-refractivity contribution is 6.31. The summed E-state index contributed by atoms with van der Waals surface area (Å²) in [6, 6.07) is 3.79. The van der Waals surface area contributed by atoms with Gasteiger partial charge in [0.05, 0.1) is 0 Å². The Morgan fingerprint density at radius 2 is 2.21 bits per heavy atom. The molecule has 2 rings (SSSR count). The zero-order chi connectivity index (χ0) is 10.1. The summed E-state index contributed by atoms with van der Waals surface area (Å²) in [5, 5.41) is 0.733. The monoisotopic (exact) mass is 209 g/mol. The lowest BCUT2D eigenvalue weighted by Crippen LogP contribution is -1.80.